The summed E-state index contributed by atoms with van der Waals surface area (Å²) in [6.45, 7) is 12.7. The van der Waals surface area contributed by atoms with Gasteiger partial charge in [0.25, 0.3) is 0 Å². The lowest BCUT2D eigenvalue weighted by Gasteiger charge is -2.33. The van der Waals surface area contributed by atoms with Crippen LogP contribution in [0.3, 0.4) is 0 Å². The van der Waals surface area contributed by atoms with Crippen molar-refractivity contribution in [3.8, 4) is 0 Å². The van der Waals surface area contributed by atoms with Gasteiger partial charge in [-0.1, -0.05) is 26.8 Å². The second-order valence-corrected chi connectivity index (χ2v) is 9.31. The zero-order valence-corrected chi connectivity index (χ0v) is 11.4. The minimum atomic E-state index is -1.33. The van der Waals surface area contributed by atoms with Gasteiger partial charge < -0.3 is 9.47 Å². The van der Waals surface area contributed by atoms with Gasteiger partial charge in [-0.15, -0.1) is 0 Å². The van der Waals surface area contributed by atoms with Crippen molar-refractivity contribution >= 4 is 8.07 Å². The van der Waals surface area contributed by atoms with E-state index in [0.29, 0.717) is 0 Å². The van der Waals surface area contributed by atoms with E-state index < -0.39 is 8.07 Å². The molecular formula is C11H26O2Si. The summed E-state index contributed by atoms with van der Waals surface area (Å²) in [4.78, 5) is 0. The minimum Gasteiger partial charge on any atom is -0.385 e. The van der Waals surface area contributed by atoms with Gasteiger partial charge in [-0.2, -0.15) is 0 Å². The van der Waals surface area contributed by atoms with Gasteiger partial charge in [-0.25, -0.2) is 0 Å². The van der Waals surface area contributed by atoms with Crippen molar-refractivity contribution in [1.29, 1.82) is 0 Å². The van der Waals surface area contributed by atoms with E-state index in [0.717, 1.165) is 31.2 Å². The van der Waals surface area contributed by atoms with Crippen molar-refractivity contribution in [2.75, 3.05) is 25.7 Å². The SMILES string of the molecule is CCOC[Si](CC)(COCC)C(C)C. The molecule has 0 aliphatic carbocycles. The first-order valence-corrected chi connectivity index (χ1v) is 8.48. The fourth-order valence-corrected chi connectivity index (χ4v) is 4.79. The molecule has 0 N–H and O–H groups in total. The topological polar surface area (TPSA) is 18.5 Å². The maximum Gasteiger partial charge on any atom is 0.115 e. The average Bonchev–Trinajstić information content (AvgIpc) is 2.18. The molecule has 0 aromatic heterocycles. The second kappa shape index (κ2) is 7.43. The molecule has 0 fully saturated rings. The molecule has 0 amide bonds. The van der Waals surface area contributed by atoms with E-state index in [9.17, 15) is 0 Å². The molecule has 0 saturated carbocycles. The molecular weight excluding hydrogens is 192 g/mol. The van der Waals surface area contributed by atoms with Crippen molar-refractivity contribution in [2.45, 2.75) is 46.2 Å². The average molecular weight is 218 g/mol. The first-order chi connectivity index (χ1) is 6.63. The molecule has 0 heterocycles. The van der Waals surface area contributed by atoms with Gasteiger partial charge in [-0.3, -0.25) is 0 Å². The number of ether oxygens (including phenoxy) is 2. The molecule has 0 aliphatic rings. The largest absolute Gasteiger partial charge is 0.385 e. The molecule has 14 heavy (non-hydrogen) atoms. The Morgan fingerprint density at radius 1 is 0.929 bits per heavy atom. The van der Waals surface area contributed by atoms with E-state index in [1.165, 1.54) is 6.04 Å². The van der Waals surface area contributed by atoms with Gasteiger partial charge in [0.1, 0.15) is 8.07 Å². The van der Waals surface area contributed by atoms with E-state index in [2.05, 4.69) is 34.6 Å². The van der Waals surface area contributed by atoms with Gasteiger partial charge >= 0.3 is 0 Å². The van der Waals surface area contributed by atoms with Crippen LogP contribution in [0.1, 0.15) is 34.6 Å². The van der Waals surface area contributed by atoms with E-state index in [1.54, 1.807) is 0 Å². The highest BCUT2D eigenvalue weighted by atomic mass is 28.3. The summed E-state index contributed by atoms with van der Waals surface area (Å²) in [6, 6.07) is 1.25. The van der Waals surface area contributed by atoms with E-state index >= 15 is 0 Å². The van der Waals surface area contributed by atoms with Crippen LogP contribution in [-0.2, 0) is 9.47 Å². The van der Waals surface area contributed by atoms with Crippen LogP contribution >= 0.6 is 0 Å². The third kappa shape index (κ3) is 4.11. The van der Waals surface area contributed by atoms with Crippen LogP contribution in [-0.4, -0.2) is 33.7 Å². The monoisotopic (exact) mass is 218 g/mol. The van der Waals surface area contributed by atoms with Gasteiger partial charge in [0.05, 0.1) is 0 Å². The Hall–Kier alpha value is 0.137. The summed E-state index contributed by atoms with van der Waals surface area (Å²) >= 11 is 0. The van der Waals surface area contributed by atoms with Crippen LogP contribution in [0.2, 0.25) is 11.6 Å². The zero-order chi connectivity index (χ0) is 11.0. The predicted octanol–water partition coefficient (Wildman–Crippen LogP) is 3.02. The molecule has 86 valence electrons. The minimum absolute atomic E-state index is 0.741. The molecule has 0 spiro atoms. The van der Waals surface area contributed by atoms with Gasteiger partial charge in [0.2, 0.25) is 0 Å². The molecule has 0 rings (SSSR count). The van der Waals surface area contributed by atoms with Crippen LogP contribution in [0, 0.1) is 0 Å². The lowest BCUT2D eigenvalue weighted by Crippen LogP contribution is -2.48. The molecule has 0 radical (unpaired) electrons. The Bertz CT molecular complexity index is 129. The molecule has 0 unspecified atom stereocenters. The van der Waals surface area contributed by atoms with E-state index in [4.69, 9.17) is 9.47 Å². The quantitative estimate of drug-likeness (QED) is 0.583. The summed E-state index contributed by atoms with van der Waals surface area (Å²) < 4.78 is 11.3. The molecule has 0 aromatic rings. The molecule has 3 heteroatoms. The molecule has 0 atom stereocenters. The maximum atomic E-state index is 5.63. The molecule has 0 aromatic carbocycles. The van der Waals surface area contributed by atoms with Crippen LogP contribution < -0.4 is 0 Å². The first-order valence-electron chi connectivity index (χ1n) is 5.78. The summed E-state index contributed by atoms with van der Waals surface area (Å²) in [6.07, 6.45) is 1.91. The van der Waals surface area contributed by atoms with Crippen LogP contribution in [0.5, 0.6) is 0 Å². The van der Waals surface area contributed by atoms with Crippen LogP contribution in [0.4, 0.5) is 0 Å². The van der Waals surface area contributed by atoms with Crippen molar-refractivity contribution in [2.24, 2.45) is 0 Å². The lowest BCUT2D eigenvalue weighted by atomic mass is 10.6. The second-order valence-electron chi connectivity index (χ2n) is 4.14. The Kier molecular flexibility index (Phi) is 7.50. The third-order valence-corrected chi connectivity index (χ3v) is 8.53. The number of hydrogen-bond acceptors (Lipinski definition) is 2. The molecule has 2 nitrogen and oxygen atoms in total. The summed E-state index contributed by atoms with van der Waals surface area (Å²) in [7, 11) is -1.33. The Balaban J connectivity index is 4.27. The Morgan fingerprint density at radius 2 is 1.36 bits per heavy atom. The lowest BCUT2D eigenvalue weighted by molar-refractivity contribution is 0.160. The highest BCUT2D eigenvalue weighted by Gasteiger charge is 2.35. The van der Waals surface area contributed by atoms with E-state index in [-0.39, 0.29) is 0 Å². The highest BCUT2D eigenvalue weighted by molar-refractivity contribution is 6.80. The summed E-state index contributed by atoms with van der Waals surface area (Å²) in [5, 5.41) is 0. The fourth-order valence-electron chi connectivity index (χ4n) is 1.60. The van der Waals surface area contributed by atoms with Gasteiger partial charge in [-0.05, 0) is 19.4 Å². The summed E-state index contributed by atoms with van der Waals surface area (Å²) in [5.41, 5.74) is 0.741. The Morgan fingerprint density at radius 3 is 1.57 bits per heavy atom. The molecule has 0 bridgehead atoms. The normalized spacial score (nSPS) is 12.4. The van der Waals surface area contributed by atoms with Crippen molar-refractivity contribution in [1.82, 2.24) is 0 Å². The first kappa shape index (κ1) is 14.1. The highest BCUT2D eigenvalue weighted by Crippen LogP contribution is 2.25. The van der Waals surface area contributed by atoms with Gasteiger partial charge in [0, 0.05) is 25.7 Å². The number of hydrogen-bond donors (Lipinski definition) is 0. The number of rotatable bonds is 8. The van der Waals surface area contributed by atoms with E-state index in [1.807, 2.05) is 0 Å². The van der Waals surface area contributed by atoms with Crippen molar-refractivity contribution in [3.05, 3.63) is 0 Å². The molecule has 0 saturated heterocycles. The Labute approximate surface area is 90.0 Å². The fraction of sp³-hybridized carbons (Fsp3) is 1.00. The zero-order valence-electron chi connectivity index (χ0n) is 10.4. The standard InChI is InChI=1S/C11H26O2Si/c1-6-12-9-14(8-3,11(4)5)10-13-7-2/h11H,6-10H2,1-5H3. The molecule has 0 aliphatic heterocycles. The van der Waals surface area contributed by atoms with Crippen LogP contribution in [0.25, 0.3) is 0 Å². The maximum absolute atomic E-state index is 5.63. The van der Waals surface area contributed by atoms with Crippen molar-refractivity contribution in [3.63, 3.8) is 0 Å². The van der Waals surface area contributed by atoms with Gasteiger partial charge in [0.15, 0.2) is 0 Å². The smallest absolute Gasteiger partial charge is 0.115 e. The predicted molar refractivity (Wildman–Crippen MR) is 64.3 cm³/mol. The van der Waals surface area contributed by atoms with Crippen LogP contribution in [0.15, 0.2) is 0 Å². The third-order valence-electron chi connectivity index (χ3n) is 3.12. The van der Waals surface area contributed by atoms with Crippen molar-refractivity contribution < 1.29 is 9.47 Å². The summed E-state index contributed by atoms with van der Waals surface area (Å²) in [5.74, 6) is 0.